The van der Waals surface area contributed by atoms with Crippen LogP contribution in [0.2, 0.25) is 0 Å². The van der Waals surface area contributed by atoms with E-state index in [1.54, 1.807) is 17.5 Å². The first-order chi connectivity index (χ1) is 8.70. The van der Waals surface area contributed by atoms with E-state index in [4.69, 9.17) is 10.6 Å². The SMILES string of the molecule is Cc1cnc(NN)nc1OCCc1scnc1C. The molecule has 0 saturated carbocycles. The van der Waals surface area contributed by atoms with Gasteiger partial charge in [0.05, 0.1) is 17.8 Å². The molecule has 0 atom stereocenters. The summed E-state index contributed by atoms with van der Waals surface area (Å²) in [5.74, 6) is 6.16. The molecule has 7 heteroatoms. The zero-order valence-corrected chi connectivity index (χ0v) is 11.1. The zero-order valence-electron chi connectivity index (χ0n) is 10.3. The van der Waals surface area contributed by atoms with Crippen molar-refractivity contribution in [1.82, 2.24) is 15.0 Å². The highest BCUT2D eigenvalue weighted by Gasteiger charge is 2.06. The molecular weight excluding hydrogens is 250 g/mol. The third kappa shape index (κ3) is 2.93. The number of aryl methyl sites for hydroxylation is 2. The van der Waals surface area contributed by atoms with E-state index in [0.717, 1.165) is 17.7 Å². The summed E-state index contributed by atoms with van der Waals surface area (Å²) >= 11 is 1.64. The molecule has 96 valence electrons. The van der Waals surface area contributed by atoms with E-state index in [0.29, 0.717) is 18.4 Å². The van der Waals surface area contributed by atoms with Gasteiger partial charge in [0.25, 0.3) is 0 Å². The maximum Gasteiger partial charge on any atom is 0.240 e. The van der Waals surface area contributed by atoms with E-state index in [2.05, 4.69) is 20.4 Å². The number of ether oxygens (including phenoxy) is 1. The van der Waals surface area contributed by atoms with Crippen LogP contribution >= 0.6 is 11.3 Å². The standard InChI is InChI=1S/C11H15N5OS/c1-7-5-13-11(16-12)15-10(7)17-4-3-9-8(2)14-6-18-9/h5-6H,3-4,12H2,1-2H3,(H,13,15,16). The van der Waals surface area contributed by atoms with E-state index in [-0.39, 0.29) is 0 Å². The second-order valence-corrected chi connectivity index (χ2v) is 4.72. The Morgan fingerprint density at radius 3 is 2.89 bits per heavy atom. The summed E-state index contributed by atoms with van der Waals surface area (Å²) in [6.45, 7) is 4.46. The van der Waals surface area contributed by atoms with Crippen molar-refractivity contribution in [3.8, 4) is 5.88 Å². The molecule has 0 aromatic carbocycles. The molecular formula is C11H15N5OS. The second-order valence-electron chi connectivity index (χ2n) is 3.79. The lowest BCUT2D eigenvalue weighted by Crippen LogP contribution is -2.12. The molecule has 0 aliphatic heterocycles. The van der Waals surface area contributed by atoms with E-state index in [9.17, 15) is 0 Å². The van der Waals surface area contributed by atoms with Crippen LogP contribution in [0.5, 0.6) is 5.88 Å². The highest BCUT2D eigenvalue weighted by molar-refractivity contribution is 7.09. The van der Waals surface area contributed by atoms with Gasteiger partial charge >= 0.3 is 0 Å². The number of aromatic nitrogens is 3. The van der Waals surface area contributed by atoms with Gasteiger partial charge in [-0.05, 0) is 13.8 Å². The van der Waals surface area contributed by atoms with Gasteiger partial charge < -0.3 is 4.74 Å². The molecule has 0 fully saturated rings. The minimum absolute atomic E-state index is 0.351. The summed E-state index contributed by atoms with van der Waals surface area (Å²) in [5.41, 5.74) is 6.19. The Balaban J connectivity index is 1.96. The summed E-state index contributed by atoms with van der Waals surface area (Å²) in [6, 6.07) is 0. The highest BCUT2D eigenvalue weighted by atomic mass is 32.1. The average molecular weight is 265 g/mol. The summed E-state index contributed by atoms with van der Waals surface area (Å²) < 4.78 is 5.64. The molecule has 3 N–H and O–H groups in total. The van der Waals surface area contributed by atoms with Crippen molar-refractivity contribution in [3.05, 3.63) is 27.8 Å². The normalized spacial score (nSPS) is 10.4. The van der Waals surface area contributed by atoms with Crippen LogP contribution < -0.4 is 16.0 Å². The van der Waals surface area contributed by atoms with Gasteiger partial charge in [-0.3, -0.25) is 5.43 Å². The van der Waals surface area contributed by atoms with Crippen LogP contribution in [0, 0.1) is 13.8 Å². The predicted molar refractivity (Wildman–Crippen MR) is 70.6 cm³/mol. The maximum absolute atomic E-state index is 5.64. The Hall–Kier alpha value is -1.73. The summed E-state index contributed by atoms with van der Waals surface area (Å²) in [6.07, 6.45) is 2.50. The van der Waals surface area contributed by atoms with Crippen molar-refractivity contribution in [3.63, 3.8) is 0 Å². The third-order valence-electron chi connectivity index (χ3n) is 2.47. The van der Waals surface area contributed by atoms with Gasteiger partial charge in [-0.1, -0.05) is 0 Å². The van der Waals surface area contributed by atoms with Crippen LogP contribution in [0.3, 0.4) is 0 Å². The van der Waals surface area contributed by atoms with Gasteiger partial charge in [0.2, 0.25) is 11.8 Å². The molecule has 2 heterocycles. The minimum Gasteiger partial charge on any atom is -0.477 e. The molecule has 0 amide bonds. The third-order valence-corrected chi connectivity index (χ3v) is 3.46. The number of anilines is 1. The van der Waals surface area contributed by atoms with Crippen LogP contribution in [0.1, 0.15) is 16.1 Å². The van der Waals surface area contributed by atoms with E-state index < -0.39 is 0 Å². The molecule has 2 aromatic rings. The summed E-state index contributed by atoms with van der Waals surface area (Å²) in [7, 11) is 0. The molecule has 2 rings (SSSR count). The van der Waals surface area contributed by atoms with Gasteiger partial charge in [0.1, 0.15) is 0 Å². The fourth-order valence-corrected chi connectivity index (χ4v) is 2.21. The first-order valence-corrected chi connectivity index (χ1v) is 6.40. The molecule has 0 spiro atoms. The monoisotopic (exact) mass is 265 g/mol. The van der Waals surface area contributed by atoms with Gasteiger partial charge in [-0.2, -0.15) is 4.98 Å². The number of nitrogens with zero attached hydrogens (tertiary/aromatic N) is 3. The summed E-state index contributed by atoms with van der Waals surface area (Å²) in [4.78, 5) is 13.6. The Bertz CT molecular complexity index is 528. The van der Waals surface area contributed by atoms with Crippen molar-refractivity contribution < 1.29 is 4.74 Å². The Morgan fingerprint density at radius 2 is 2.22 bits per heavy atom. The number of thiazole rings is 1. The number of hydrogen-bond donors (Lipinski definition) is 2. The predicted octanol–water partition coefficient (Wildman–Crippen LogP) is 1.46. The van der Waals surface area contributed by atoms with E-state index in [1.807, 2.05) is 19.4 Å². The number of nitrogens with two attached hydrogens (primary N) is 1. The van der Waals surface area contributed by atoms with Crippen molar-refractivity contribution in [1.29, 1.82) is 0 Å². The smallest absolute Gasteiger partial charge is 0.240 e. The van der Waals surface area contributed by atoms with Crippen LogP contribution in [0.4, 0.5) is 5.95 Å². The van der Waals surface area contributed by atoms with Crippen LogP contribution in [0.25, 0.3) is 0 Å². The molecule has 0 radical (unpaired) electrons. The molecule has 6 nitrogen and oxygen atoms in total. The van der Waals surface area contributed by atoms with E-state index >= 15 is 0 Å². The quantitative estimate of drug-likeness (QED) is 0.628. The molecule has 0 unspecified atom stereocenters. The van der Waals surface area contributed by atoms with Crippen molar-refractivity contribution in [2.45, 2.75) is 20.3 Å². The van der Waals surface area contributed by atoms with Crippen molar-refractivity contribution in [2.24, 2.45) is 5.84 Å². The van der Waals surface area contributed by atoms with Gasteiger partial charge in [-0.15, -0.1) is 11.3 Å². The Labute approximate surface area is 109 Å². The molecule has 18 heavy (non-hydrogen) atoms. The van der Waals surface area contributed by atoms with Crippen molar-refractivity contribution in [2.75, 3.05) is 12.0 Å². The fourth-order valence-electron chi connectivity index (χ4n) is 1.45. The van der Waals surface area contributed by atoms with E-state index in [1.165, 1.54) is 4.88 Å². The Morgan fingerprint density at radius 1 is 1.39 bits per heavy atom. The minimum atomic E-state index is 0.351. The summed E-state index contributed by atoms with van der Waals surface area (Å²) in [5, 5.41) is 0. The lowest BCUT2D eigenvalue weighted by molar-refractivity contribution is 0.307. The number of nitrogens with one attached hydrogen (secondary N) is 1. The van der Waals surface area contributed by atoms with Crippen LogP contribution in [0.15, 0.2) is 11.7 Å². The number of hydrazine groups is 1. The lowest BCUT2D eigenvalue weighted by atomic mass is 10.3. The molecule has 0 bridgehead atoms. The molecule has 2 aromatic heterocycles. The fraction of sp³-hybridized carbons (Fsp3) is 0.364. The van der Waals surface area contributed by atoms with Crippen LogP contribution in [-0.4, -0.2) is 21.6 Å². The molecule has 0 aliphatic rings. The molecule has 0 aliphatic carbocycles. The average Bonchev–Trinajstić information content (AvgIpc) is 2.77. The number of rotatable bonds is 5. The maximum atomic E-state index is 5.64. The van der Waals surface area contributed by atoms with Gasteiger partial charge in [0.15, 0.2) is 0 Å². The second kappa shape index (κ2) is 5.74. The number of hydrogen-bond acceptors (Lipinski definition) is 7. The van der Waals surface area contributed by atoms with Crippen LogP contribution in [-0.2, 0) is 6.42 Å². The lowest BCUT2D eigenvalue weighted by Gasteiger charge is -2.08. The largest absolute Gasteiger partial charge is 0.477 e. The first kappa shape index (κ1) is 12.7. The molecule has 0 saturated heterocycles. The van der Waals surface area contributed by atoms with Gasteiger partial charge in [0, 0.05) is 23.1 Å². The van der Waals surface area contributed by atoms with Crippen molar-refractivity contribution >= 4 is 17.3 Å². The topological polar surface area (TPSA) is 86.0 Å². The first-order valence-electron chi connectivity index (χ1n) is 5.52. The van der Waals surface area contributed by atoms with Gasteiger partial charge in [-0.25, -0.2) is 15.8 Å². The zero-order chi connectivity index (χ0) is 13.0. The highest BCUT2D eigenvalue weighted by Crippen LogP contribution is 2.17. The Kier molecular flexibility index (Phi) is 4.06. The number of nitrogen functional groups attached to an aromatic ring is 1.